The fourth-order valence-electron chi connectivity index (χ4n) is 0.516. The van der Waals surface area contributed by atoms with Gasteiger partial charge in [-0.1, -0.05) is 0 Å². The van der Waals surface area contributed by atoms with Gasteiger partial charge in [0.1, 0.15) is 12.3 Å². The summed E-state index contributed by atoms with van der Waals surface area (Å²) in [5.41, 5.74) is 0. The van der Waals surface area contributed by atoms with Gasteiger partial charge in [0, 0.05) is 0 Å². The van der Waals surface area contributed by atoms with Crippen LogP contribution in [0.1, 0.15) is 19.8 Å². The van der Waals surface area contributed by atoms with Crippen LogP contribution in [0.5, 0.6) is 0 Å². The van der Waals surface area contributed by atoms with Gasteiger partial charge in [0.25, 0.3) is 0 Å². The molecule has 56 valence electrons. The minimum absolute atomic E-state index is 0.293. The van der Waals surface area contributed by atoms with E-state index in [9.17, 15) is 8.78 Å². The van der Waals surface area contributed by atoms with Crippen molar-refractivity contribution in [3.05, 3.63) is 0 Å². The third-order valence-corrected chi connectivity index (χ3v) is 1.45. The maximum atomic E-state index is 12.3. The van der Waals surface area contributed by atoms with E-state index in [0.717, 1.165) is 0 Å². The minimum Gasteiger partial charge on any atom is -0.245 e. The molecule has 0 saturated heterocycles. The van der Waals surface area contributed by atoms with E-state index in [1.807, 2.05) is 0 Å². The first-order chi connectivity index (χ1) is 4.18. The molecule has 0 aliphatic rings. The Balaban J connectivity index is 3.16. The first kappa shape index (κ1) is 9.21. The Morgan fingerprint density at radius 1 is 1.44 bits per heavy atom. The molecule has 0 aromatic rings. The Morgan fingerprint density at radius 3 is 2.33 bits per heavy atom. The Labute approximate surface area is 60.1 Å². The van der Waals surface area contributed by atoms with Gasteiger partial charge in [-0.2, -0.15) is 12.6 Å². The van der Waals surface area contributed by atoms with Gasteiger partial charge >= 0.3 is 0 Å². The molecule has 0 bridgehead atoms. The number of alkyl halides is 2. The van der Waals surface area contributed by atoms with Gasteiger partial charge in [-0.05, 0) is 25.5 Å². The van der Waals surface area contributed by atoms with Crippen molar-refractivity contribution in [2.75, 3.05) is 5.75 Å². The van der Waals surface area contributed by atoms with Crippen LogP contribution in [-0.2, 0) is 0 Å². The number of halogens is 2. The second kappa shape index (κ2) is 5.03. The summed E-state index contributed by atoms with van der Waals surface area (Å²) in [6.07, 6.45) is -1.68. The lowest BCUT2D eigenvalue weighted by Gasteiger charge is -2.06. The molecular weight excluding hydrogens is 142 g/mol. The van der Waals surface area contributed by atoms with E-state index in [4.69, 9.17) is 0 Å². The fourth-order valence-corrected chi connectivity index (χ4v) is 0.699. The Hall–Kier alpha value is 0.210. The predicted octanol–water partition coefficient (Wildman–Crippen LogP) is 2.39. The third kappa shape index (κ3) is 4.70. The molecule has 0 aliphatic carbocycles. The van der Waals surface area contributed by atoms with Crippen LogP contribution in [0.15, 0.2) is 0 Å². The summed E-state index contributed by atoms with van der Waals surface area (Å²) < 4.78 is 24.3. The summed E-state index contributed by atoms with van der Waals surface area (Å²) in [5, 5.41) is 0. The van der Waals surface area contributed by atoms with Crippen LogP contribution in [0, 0.1) is 0 Å². The standard InChI is InChI=1S/C6H12F2S/c1-5(7)6(8)3-2-4-9/h5-6,9H,2-4H2,1H3. The van der Waals surface area contributed by atoms with Crippen LogP contribution in [0.2, 0.25) is 0 Å². The summed E-state index contributed by atoms with van der Waals surface area (Å²) >= 11 is 3.87. The smallest absolute Gasteiger partial charge is 0.131 e. The highest BCUT2D eigenvalue weighted by molar-refractivity contribution is 7.80. The molecule has 2 unspecified atom stereocenters. The van der Waals surface area contributed by atoms with Crippen molar-refractivity contribution in [1.82, 2.24) is 0 Å². The molecule has 3 heteroatoms. The highest BCUT2D eigenvalue weighted by Crippen LogP contribution is 2.09. The van der Waals surface area contributed by atoms with Crippen molar-refractivity contribution < 1.29 is 8.78 Å². The molecule has 0 rings (SSSR count). The molecule has 0 heterocycles. The molecule has 0 radical (unpaired) electrons. The van der Waals surface area contributed by atoms with E-state index in [1.165, 1.54) is 6.92 Å². The topological polar surface area (TPSA) is 0 Å². The average molecular weight is 154 g/mol. The molecule has 0 amide bonds. The molecule has 0 aliphatic heterocycles. The summed E-state index contributed by atoms with van der Waals surface area (Å²) in [4.78, 5) is 0. The maximum Gasteiger partial charge on any atom is 0.131 e. The van der Waals surface area contributed by atoms with Crippen molar-refractivity contribution in [2.45, 2.75) is 32.1 Å². The fraction of sp³-hybridized carbons (Fsp3) is 1.00. The van der Waals surface area contributed by atoms with Gasteiger partial charge in [0.05, 0.1) is 0 Å². The van der Waals surface area contributed by atoms with Crippen LogP contribution in [0.3, 0.4) is 0 Å². The summed E-state index contributed by atoms with van der Waals surface area (Å²) in [7, 11) is 0. The van der Waals surface area contributed by atoms with Crippen LogP contribution in [0.4, 0.5) is 8.78 Å². The van der Waals surface area contributed by atoms with E-state index in [0.29, 0.717) is 18.6 Å². The molecule has 0 saturated carbocycles. The van der Waals surface area contributed by atoms with E-state index >= 15 is 0 Å². The van der Waals surface area contributed by atoms with Crippen LogP contribution in [-0.4, -0.2) is 18.1 Å². The molecule has 0 spiro atoms. The monoisotopic (exact) mass is 154 g/mol. The predicted molar refractivity (Wildman–Crippen MR) is 38.6 cm³/mol. The SMILES string of the molecule is CC(F)C(F)CCCS. The Morgan fingerprint density at radius 2 is 2.00 bits per heavy atom. The second-order valence-electron chi connectivity index (χ2n) is 2.06. The normalized spacial score (nSPS) is 17.3. The summed E-state index contributed by atoms with van der Waals surface area (Å²) in [5.74, 6) is 0.632. The van der Waals surface area contributed by atoms with E-state index in [2.05, 4.69) is 12.6 Å². The van der Waals surface area contributed by atoms with Crippen molar-refractivity contribution in [3.8, 4) is 0 Å². The van der Waals surface area contributed by atoms with Crippen molar-refractivity contribution in [3.63, 3.8) is 0 Å². The molecule has 0 fully saturated rings. The zero-order chi connectivity index (χ0) is 7.28. The lowest BCUT2D eigenvalue weighted by atomic mass is 10.2. The van der Waals surface area contributed by atoms with Gasteiger partial charge in [-0.15, -0.1) is 0 Å². The maximum absolute atomic E-state index is 12.3. The molecule has 0 aromatic heterocycles. The van der Waals surface area contributed by atoms with Crippen molar-refractivity contribution in [2.24, 2.45) is 0 Å². The van der Waals surface area contributed by atoms with E-state index in [1.54, 1.807) is 0 Å². The molecular formula is C6H12F2S. The quantitative estimate of drug-likeness (QED) is 0.590. The lowest BCUT2D eigenvalue weighted by Crippen LogP contribution is -2.12. The zero-order valence-electron chi connectivity index (χ0n) is 5.48. The average Bonchev–Trinajstić information content (AvgIpc) is 1.82. The number of hydrogen-bond acceptors (Lipinski definition) is 1. The Bertz CT molecular complexity index is 66.1. The van der Waals surface area contributed by atoms with Crippen LogP contribution < -0.4 is 0 Å². The second-order valence-corrected chi connectivity index (χ2v) is 2.51. The van der Waals surface area contributed by atoms with Crippen LogP contribution in [0.25, 0.3) is 0 Å². The molecule has 0 nitrogen and oxygen atoms in total. The van der Waals surface area contributed by atoms with Crippen molar-refractivity contribution in [1.29, 1.82) is 0 Å². The molecule has 0 aromatic carbocycles. The minimum atomic E-state index is -1.33. The lowest BCUT2D eigenvalue weighted by molar-refractivity contribution is 0.172. The Kier molecular flexibility index (Phi) is 5.15. The van der Waals surface area contributed by atoms with Gasteiger partial charge < -0.3 is 0 Å². The van der Waals surface area contributed by atoms with Gasteiger partial charge in [0.2, 0.25) is 0 Å². The zero-order valence-corrected chi connectivity index (χ0v) is 6.37. The van der Waals surface area contributed by atoms with E-state index < -0.39 is 12.3 Å². The van der Waals surface area contributed by atoms with Gasteiger partial charge in [-0.25, -0.2) is 8.78 Å². The van der Waals surface area contributed by atoms with Gasteiger partial charge in [-0.3, -0.25) is 0 Å². The van der Waals surface area contributed by atoms with Crippen molar-refractivity contribution >= 4 is 12.6 Å². The van der Waals surface area contributed by atoms with Crippen LogP contribution >= 0.6 is 12.6 Å². The highest BCUT2D eigenvalue weighted by Gasteiger charge is 2.13. The summed E-state index contributed by atoms with van der Waals surface area (Å²) in [6.45, 7) is 1.24. The number of hydrogen-bond donors (Lipinski definition) is 1. The molecule has 0 N–H and O–H groups in total. The highest BCUT2D eigenvalue weighted by atomic mass is 32.1. The van der Waals surface area contributed by atoms with E-state index in [-0.39, 0.29) is 0 Å². The summed E-state index contributed by atoms with van der Waals surface area (Å²) in [6, 6.07) is 0. The third-order valence-electron chi connectivity index (χ3n) is 1.14. The first-order valence-corrected chi connectivity index (χ1v) is 3.70. The first-order valence-electron chi connectivity index (χ1n) is 3.07. The molecule has 2 atom stereocenters. The van der Waals surface area contributed by atoms with Gasteiger partial charge in [0.15, 0.2) is 0 Å². The number of rotatable bonds is 4. The number of thiol groups is 1. The molecule has 9 heavy (non-hydrogen) atoms. The largest absolute Gasteiger partial charge is 0.245 e.